The molecule has 1 atom stereocenters. The molecule has 0 aliphatic rings. The van der Waals surface area contributed by atoms with Crippen LogP contribution in [0.1, 0.15) is 12.5 Å². The van der Waals surface area contributed by atoms with Gasteiger partial charge in [0, 0.05) is 13.1 Å². The first kappa shape index (κ1) is 15.1. The van der Waals surface area contributed by atoms with E-state index in [-0.39, 0.29) is 25.5 Å². The maximum Gasteiger partial charge on any atom is 0.317 e. The first-order valence-corrected chi connectivity index (χ1v) is 5.80. The number of rotatable bonds is 7. The summed E-state index contributed by atoms with van der Waals surface area (Å²) in [5.74, 6) is -3.04. The molecule has 6 heteroatoms. The molecule has 0 saturated heterocycles. The summed E-state index contributed by atoms with van der Waals surface area (Å²) in [4.78, 5) is 23.1. The van der Waals surface area contributed by atoms with E-state index in [9.17, 15) is 14.0 Å². The highest BCUT2D eigenvalue weighted by Crippen LogP contribution is 2.09. The fourth-order valence-corrected chi connectivity index (χ4v) is 1.69. The summed E-state index contributed by atoms with van der Waals surface area (Å²) >= 11 is 0. The number of carbonyl (C=O) groups is 2. The molecule has 2 N–H and O–H groups in total. The Labute approximate surface area is 110 Å². The molecule has 104 valence electrons. The van der Waals surface area contributed by atoms with E-state index in [0.29, 0.717) is 0 Å². The van der Waals surface area contributed by atoms with E-state index in [0.717, 1.165) is 5.56 Å². The Balaban J connectivity index is 2.71. The summed E-state index contributed by atoms with van der Waals surface area (Å²) in [6.45, 7) is 1.65. The van der Waals surface area contributed by atoms with Crippen molar-refractivity contribution in [2.75, 3.05) is 13.1 Å². The highest BCUT2D eigenvalue weighted by molar-refractivity contribution is 5.71. The molecule has 1 aromatic carbocycles. The van der Waals surface area contributed by atoms with Crippen LogP contribution in [0.3, 0.4) is 0 Å². The van der Waals surface area contributed by atoms with Gasteiger partial charge in [-0.05, 0) is 17.7 Å². The largest absolute Gasteiger partial charge is 0.481 e. The van der Waals surface area contributed by atoms with Gasteiger partial charge in [0.1, 0.15) is 5.82 Å². The maximum atomic E-state index is 12.8. The third-order valence-corrected chi connectivity index (χ3v) is 2.63. The summed E-state index contributed by atoms with van der Waals surface area (Å²) in [5.41, 5.74) is 0.736. The van der Waals surface area contributed by atoms with Gasteiger partial charge in [0.2, 0.25) is 0 Å². The number of hydrogen-bond acceptors (Lipinski definition) is 3. The topological polar surface area (TPSA) is 77.8 Å². The molecule has 0 heterocycles. The van der Waals surface area contributed by atoms with Gasteiger partial charge in [-0.2, -0.15) is 0 Å². The van der Waals surface area contributed by atoms with Crippen molar-refractivity contribution in [1.29, 1.82) is 0 Å². The Morgan fingerprint density at radius 1 is 1.26 bits per heavy atom. The predicted octanol–water partition coefficient (Wildman–Crippen LogP) is 1.43. The van der Waals surface area contributed by atoms with Crippen LogP contribution < -0.4 is 0 Å². The Morgan fingerprint density at radius 3 is 2.32 bits per heavy atom. The molecular weight excluding hydrogens is 253 g/mol. The zero-order chi connectivity index (χ0) is 14.4. The van der Waals surface area contributed by atoms with Gasteiger partial charge in [-0.3, -0.25) is 14.5 Å². The number of aliphatic carboxylic acids is 2. The molecule has 1 rings (SSSR count). The van der Waals surface area contributed by atoms with E-state index in [1.807, 2.05) is 0 Å². The van der Waals surface area contributed by atoms with Crippen molar-refractivity contribution in [3.05, 3.63) is 35.6 Å². The fourth-order valence-electron chi connectivity index (χ4n) is 1.69. The second-order valence-corrected chi connectivity index (χ2v) is 4.43. The van der Waals surface area contributed by atoms with Gasteiger partial charge >= 0.3 is 11.9 Å². The van der Waals surface area contributed by atoms with Gasteiger partial charge in [0.05, 0.1) is 12.5 Å². The molecule has 0 saturated carbocycles. The zero-order valence-electron chi connectivity index (χ0n) is 10.5. The summed E-state index contributed by atoms with van der Waals surface area (Å²) in [6, 6.07) is 5.68. The van der Waals surface area contributed by atoms with Crippen LogP contribution in [0.25, 0.3) is 0 Å². The van der Waals surface area contributed by atoms with Gasteiger partial charge in [-0.1, -0.05) is 19.1 Å². The van der Waals surface area contributed by atoms with Gasteiger partial charge in [0.15, 0.2) is 0 Å². The average Bonchev–Trinajstić information content (AvgIpc) is 2.31. The molecule has 1 aromatic rings. The van der Waals surface area contributed by atoms with Crippen LogP contribution in [0.15, 0.2) is 24.3 Å². The minimum absolute atomic E-state index is 0.124. The molecule has 0 amide bonds. The smallest absolute Gasteiger partial charge is 0.317 e. The third-order valence-electron chi connectivity index (χ3n) is 2.63. The first-order valence-electron chi connectivity index (χ1n) is 5.80. The zero-order valence-corrected chi connectivity index (χ0v) is 10.5. The minimum Gasteiger partial charge on any atom is -0.481 e. The van der Waals surface area contributed by atoms with Crippen LogP contribution >= 0.6 is 0 Å². The number of benzene rings is 1. The van der Waals surface area contributed by atoms with Crippen molar-refractivity contribution in [3.63, 3.8) is 0 Å². The second kappa shape index (κ2) is 6.84. The maximum absolute atomic E-state index is 12.8. The number of halogens is 1. The van der Waals surface area contributed by atoms with E-state index >= 15 is 0 Å². The lowest BCUT2D eigenvalue weighted by Crippen LogP contribution is -2.35. The monoisotopic (exact) mass is 269 g/mol. The summed E-state index contributed by atoms with van der Waals surface area (Å²) in [7, 11) is 0. The summed E-state index contributed by atoms with van der Waals surface area (Å²) < 4.78 is 12.8. The third kappa shape index (κ3) is 5.48. The summed E-state index contributed by atoms with van der Waals surface area (Å²) in [5, 5.41) is 17.7. The quantitative estimate of drug-likeness (QED) is 0.783. The van der Waals surface area contributed by atoms with Crippen LogP contribution in [-0.2, 0) is 16.1 Å². The van der Waals surface area contributed by atoms with Crippen molar-refractivity contribution in [3.8, 4) is 0 Å². The predicted molar refractivity (Wildman–Crippen MR) is 66.1 cm³/mol. The van der Waals surface area contributed by atoms with Crippen molar-refractivity contribution < 1.29 is 24.2 Å². The van der Waals surface area contributed by atoms with E-state index < -0.39 is 17.9 Å². The van der Waals surface area contributed by atoms with Crippen molar-refractivity contribution in [1.82, 2.24) is 4.90 Å². The number of nitrogens with zero attached hydrogens (tertiary/aromatic N) is 1. The minimum atomic E-state index is -1.03. The van der Waals surface area contributed by atoms with E-state index in [4.69, 9.17) is 10.2 Å². The SMILES string of the molecule is CC(CN(CC(=O)O)Cc1ccc(F)cc1)C(=O)O. The summed E-state index contributed by atoms with van der Waals surface area (Å²) in [6.07, 6.45) is 0. The highest BCUT2D eigenvalue weighted by Gasteiger charge is 2.18. The molecule has 1 unspecified atom stereocenters. The Hall–Kier alpha value is -1.95. The van der Waals surface area contributed by atoms with Gasteiger partial charge < -0.3 is 10.2 Å². The van der Waals surface area contributed by atoms with Crippen molar-refractivity contribution in [2.24, 2.45) is 5.92 Å². The van der Waals surface area contributed by atoms with Gasteiger partial charge in [-0.25, -0.2) is 4.39 Å². The molecule has 0 aliphatic heterocycles. The Kier molecular flexibility index (Phi) is 5.44. The average molecular weight is 269 g/mol. The van der Waals surface area contributed by atoms with Crippen LogP contribution in [0, 0.1) is 11.7 Å². The molecular formula is C13H16FNO4. The molecule has 19 heavy (non-hydrogen) atoms. The van der Waals surface area contributed by atoms with Crippen LogP contribution in [0.5, 0.6) is 0 Å². The molecule has 0 radical (unpaired) electrons. The normalized spacial score (nSPS) is 12.4. The van der Waals surface area contributed by atoms with Crippen molar-refractivity contribution >= 4 is 11.9 Å². The molecule has 0 bridgehead atoms. The molecule has 0 aliphatic carbocycles. The first-order chi connectivity index (χ1) is 8.88. The standard InChI is InChI=1S/C13H16FNO4/c1-9(13(18)19)6-15(8-12(16)17)7-10-2-4-11(14)5-3-10/h2-5,9H,6-8H2,1H3,(H,16,17)(H,18,19). The molecule has 0 spiro atoms. The fraction of sp³-hybridized carbons (Fsp3) is 0.385. The lowest BCUT2D eigenvalue weighted by molar-refractivity contribution is -0.144. The van der Waals surface area contributed by atoms with Crippen LogP contribution in [0.4, 0.5) is 4.39 Å². The van der Waals surface area contributed by atoms with E-state index in [2.05, 4.69) is 0 Å². The lowest BCUT2D eigenvalue weighted by atomic mass is 10.1. The van der Waals surface area contributed by atoms with E-state index in [1.54, 1.807) is 12.1 Å². The Morgan fingerprint density at radius 2 is 1.84 bits per heavy atom. The second-order valence-electron chi connectivity index (χ2n) is 4.43. The number of carboxylic acid groups (broad SMARTS) is 2. The number of carboxylic acids is 2. The molecule has 0 aromatic heterocycles. The van der Waals surface area contributed by atoms with Crippen LogP contribution in [0.2, 0.25) is 0 Å². The lowest BCUT2D eigenvalue weighted by Gasteiger charge is -2.22. The van der Waals surface area contributed by atoms with Crippen molar-refractivity contribution in [2.45, 2.75) is 13.5 Å². The van der Waals surface area contributed by atoms with Crippen LogP contribution in [-0.4, -0.2) is 40.1 Å². The highest BCUT2D eigenvalue weighted by atomic mass is 19.1. The molecule has 0 fully saturated rings. The number of hydrogen-bond donors (Lipinski definition) is 2. The Bertz CT molecular complexity index is 446. The molecule has 5 nitrogen and oxygen atoms in total. The van der Waals surface area contributed by atoms with Gasteiger partial charge in [-0.15, -0.1) is 0 Å². The van der Waals surface area contributed by atoms with E-state index in [1.165, 1.54) is 24.0 Å². The van der Waals surface area contributed by atoms with Gasteiger partial charge in [0.25, 0.3) is 0 Å².